The third-order valence-electron chi connectivity index (χ3n) is 0.986. The molecule has 1 rings (SSSR count). The third kappa shape index (κ3) is 1.01. The molecule has 4 nitrogen and oxygen atoms in total. The maximum absolute atomic E-state index is 10.5. The first kappa shape index (κ1) is 6.44. The van der Waals surface area contributed by atoms with Crippen LogP contribution in [0.4, 0.5) is 0 Å². The highest BCUT2D eigenvalue weighted by Gasteiger charge is 2.01. The molecule has 9 heavy (non-hydrogen) atoms. The number of thiol groups is 1. The minimum atomic E-state index is -0.303. The van der Waals surface area contributed by atoms with Gasteiger partial charge in [-0.05, 0) is 0 Å². The van der Waals surface area contributed by atoms with Gasteiger partial charge in [0.1, 0.15) is 0 Å². The highest BCUT2D eigenvalue weighted by Crippen LogP contribution is 2.02. The van der Waals surface area contributed by atoms with E-state index in [2.05, 4.69) is 22.8 Å². The number of hydrogen-bond donors (Lipinski definition) is 4. The summed E-state index contributed by atoms with van der Waals surface area (Å²) in [4.78, 5) is 10.8. The molecule has 0 unspecified atom stereocenters. The number of nitrogens with one attached hydrogen (secondary N) is 2. The number of aromatic nitrogens is 2. The van der Waals surface area contributed by atoms with Crippen LogP contribution >= 0.6 is 12.6 Å². The second-order valence-electron chi connectivity index (χ2n) is 1.56. The van der Waals surface area contributed by atoms with Crippen LogP contribution in [0.25, 0.3) is 0 Å². The summed E-state index contributed by atoms with van der Waals surface area (Å²) in [5.41, 5.74) is 0.116. The molecule has 0 aliphatic heterocycles. The Hall–Kier alpha value is -0.680. The average molecular weight is 146 g/mol. The van der Waals surface area contributed by atoms with E-state index in [4.69, 9.17) is 5.11 Å². The molecule has 5 heteroatoms. The Morgan fingerprint density at radius 2 is 2.22 bits per heavy atom. The Labute approximate surface area is 56.3 Å². The van der Waals surface area contributed by atoms with Gasteiger partial charge in [-0.2, -0.15) is 0 Å². The van der Waals surface area contributed by atoms with Gasteiger partial charge >= 0.3 is 0 Å². The molecule has 0 fully saturated rings. The summed E-state index contributed by atoms with van der Waals surface area (Å²) in [6, 6.07) is 0. The molecule has 0 bridgehead atoms. The molecule has 1 aromatic rings. The summed E-state index contributed by atoms with van der Waals surface area (Å²) in [5, 5.41) is 13.2. The highest BCUT2D eigenvalue weighted by atomic mass is 32.1. The molecule has 0 aromatic carbocycles. The zero-order chi connectivity index (χ0) is 6.85. The van der Waals surface area contributed by atoms with Crippen molar-refractivity contribution in [1.82, 2.24) is 10.2 Å². The van der Waals surface area contributed by atoms with Crippen LogP contribution in [-0.2, 0) is 6.61 Å². The van der Waals surface area contributed by atoms with Gasteiger partial charge < -0.3 is 5.11 Å². The zero-order valence-corrected chi connectivity index (χ0v) is 5.40. The Bertz CT molecular complexity index is 251. The van der Waals surface area contributed by atoms with Crippen LogP contribution in [-0.4, -0.2) is 15.3 Å². The number of hydrogen-bond acceptors (Lipinski definition) is 3. The minimum Gasteiger partial charge on any atom is -0.390 e. The number of aliphatic hydroxyl groups is 1. The van der Waals surface area contributed by atoms with E-state index in [9.17, 15) is 4.79 Å². The van der Waals surface area contributed by atoms with Crippen molar-refractivity contribution < 1.29 is 5.11 Å². The summed E-state index contributed by atoms with van der Waals surface area (Å²) >= 11 is 3.81. The van der Waals surface area contributed by atoms with Gasteiger partial charge in [-0.3, -0.25) is 15.0 Å². The van der Waals surface area contributed by atoms with Crippen LogP contribution in [0, 0.1) is 0 Å². The lowest BCUT2D eigenvalue weighted by atomic mass is 10.5. The Morgan fingerprint density at radius 1 is 1.56 bits per heavy atom. The van der Waals surface area contributed by atoms with Crippen molar-refractivity contribution in [3.63, 3.8) is 0 Å². The molecule has 1 heterocycles. The lowest BCUT2D eigenvalue weighted by Crippen LogP contribution is -1.98. The predicted molar refractivity (Wildman–Crippen MR) is 34.6 cm³/mol. The normalized spacial score (nSPS) is 10.0. The predicted octanol–water partition coefficient (Wildman–Crippen LogP) is -0.516. The second kappa shape index (κ2) is 2.28. The quantitative estimate of drug-likeness (QED) is 0.403. The lowest BCUT2D eigenvalue weighted by molar-refractivity contribution is 0.274. The number of rotatable bonds is 1. The molecule has 0 saturated heterocycles. The van der Waals surface area contributed by atoms with Crippen molar-refractivity contribution in [2.45, 2.75) is 11.5 Å². The Kier molecular flexibility index (Phi) is 1.63. The van der Waals surface area contributed by atoms with E-state index in [1.54, 1.807) is 0 Å². The molecule has 3 N–H and O–H groups in total. The summed E-state index contributed by atoms with van der Waals surface area (Å²) in [5.74, 6) is 0. The van der Waals surface area contributed by atoms with Crippen molar-refractivity contribution in [3.8, 4) is 0 Å². The van der Waals surface area contributed by atoms with E-state index in [-0.39, 0.29) is 17.1 Å². The summed E-state index contributed by atoms with van der Waals surface area (Å²) in [6.45, 7) is -0.197. The van der Waals surface area contributed by atoms with Crippen molar-refractivity contribution in [2.24, 2.45) is 0 Å². The van der Waals surface area contributed by atoms with E-state index >= 15 is 0 Å². The van der Waals surface area contributed by atoms with Crippen molar-refractivity contribution >= 4 is 12.6 Å². The largest absolute Gasteiger partial charge is 0.390 e. The SMILES string of the molecule is O=c1[nH][nH]c(CO)c1S. The van der Waals surface area contributed by atoms with Gasteiger partial charge in [-0.1, -0.05) is 0 Å². The molecule has 0 radical (unpaired) electrons. The van der Waals surface area contributed by atoms with Gasteiger partial charge in [0, 0.05) is 0 Å². The van der Waals surface area contributed by atoms with E-state index in [0.717, 1.165) is 0 Å². The van der Waals surface area contributed by atoms with Crippen molar-refractivity contribution in [1.29, 1.82) is 0 Å². The number of H-pyrrole nitrogens is 2. The summed E-state index contributed by atoms with van der Waals surface area (Å²) < 4.78 is 0. The van der Waals surface area contributed by atoms with Crippen LogP contribution in [0.2, 0.25) is 0 Å². The molecule has 0 aliphatic rings. The van der Waals surface area contributed by atoms with E-state index in [1.165, 1.54) is 0 Å². The number of aliphatic hydroxyl groups excluding tert-OH is 1. The standard InChI is InChI=1S/C4H6N2O2S/c7-1-2-3(9)4(8)6-5-2/h7,9H,1H2,(H2,5,6,8). The second-order valence-corrected chi connectivity index (χ2v) is 2.01. The molecule has 50 valence electrons. The molecule has 0 aliphatic carbocycles. The fourth-order valence-electron chi connectivity index (χ4n) is 0.502. The van der Waals surface area contributed by atoms with Gasteiger partial charge in [-0.15, -0.1) is 12.6 Å². The monoisotopic (exact) mass is 146 g/mol. The van der Waals surface area contributed by atoms with Crippen LogP contribution < -0.4 is 5.56 Å². The van der Waals surface area contributed by atoms with Crippen LogP contribution in [0.1, 0.15) is 5.69 Å². The first-order valence-electron chi connectivity index (χ1n) is 2.35. The van der Waals surface area contributed by atoms with Gasteiger partial charge in [-0.25, -0.2) is 0 Å². The van der Waals surface area contributed by atoms with Gasteiger partial charge in [0.25, 0.3) is 5.56 Å². The Morgan fingerprint density at radius 3 is 2.44 bits per heavy atom. The number of aromatic amines is 2. The van der Waals surface area contributed by atoms with Crippen molar-refractivity contribution in [2.75, 3.05) is 0 Å². The maximum atomic E-state index is 10.5. The molecular formula is C4H6N2O2S. The zero-order valence-electron chi connectivity index (χ0n) is 4.51. The lowest BCUT2D eigenvalue weighted by Gasteiger charge is -1.85. The summed E-state index contributed by atoms with van der Waals surface area (Å²) in [7, 11) is 0. The van der Waals surface area contributed by atoms with Crippen LogP contribution in [0.3, 0.4) is 0 Å². The molecule has 1 aromatic heterocycles. The van der Waals surface area contributed by atoms with Crippen LogP contribution in [0.5, 0.6) is 0 Å². The Balaban J connectivity index is 3.20. The first-order valence-corrected chi connectivity index (χ1v) is 2.79. The van der Waals surface area contributed by atoms with Gasteiger partial charge in [0.15, 0.2) is 0 Å². The fraction of sp³-hybridized carbons (Fsp3) is 0.250. The minimum absolute atomic E-state index is 0.197. The molecule has 0 amide bonds. The molecular weight excluding hydrogens is 140 g/mol. The van der Waals surface area contributed by atoms with E-state index in [0.29, 0.717) is 5.69 Å². The van der Waals surface area contributed by atoms with Gasteiger partial charge in [0.2, 0.25) is 0 Å². The highest BCUT2D eigenvalue weighted by molar-refractivity contribution is 7.80. The summed E-state index contributed by atoms with van der Waals surface area (Å²) in [6.07, 6.45) is 0. The third-order valence-corrected chi connectivity index (χ3v) is 1.46. The topological polar surface area (TPSA) is 68.9 Å². The maximum Gasteiger partial charge on any atom is 0.277 e. The molecule has 0 spiro atoms. The van der Waals surface area contributed by atoms with E-state index in [1.807, 2.05) is 0 Å². The fourth-order valence-corrected chi connectivity index (χ4v) is 0.685. The van der Waals surface area contributed by atoms with E-state index < -0.39 is 0 Å². The van der Waals surface area contributed by atoms with Gasteiger partial charge in [0.05, 0.1) is 17.2 Å². The molecule has 0 saturated carbocycles. The average Bonchev–Trinajstić information content (AvgIpc) is 2.15. The first-order chi connectivity index (χ1) is 4.25. The van der Waals surface area contributed by atoms with Crippen molar-refractivity contribution in [3.05, 3.63) is 16.0 Å². The smallest absolute Gasteiger partial charge is 0.277 e. The van der Waals surface area contributed by atoms with Crippen LogP contribution in [0.15, 0.2) is 9.69 Å². The molecule has 0 atom stereocenters.